The van der Waals surface area contributed by atoms with Crippen LogP contribution in [0.25, 0.3) is 0 Å². The van der Waals surface area contributed by atoms with Crippen molar-refractivity contribution in [3.05, 3.63) is 28.3 Å². The Morgan fingerprint density at radius 1 is 1.42 bits per heavy atom. The monoisotopic (exact) mass is 302 g/mol. The van der Waals surface area contributed by atoms with Crippen LogP contribution in [0.2, 0.25) is 5.02 Å². The van der Waals surface area contributed by atoms with Crippen molar-refractivity contribution in [2.24, 2.45) is 11.1 Å². The molecule has 0 atom stereocenters. The number of hydrogen-bond acceptors (Lipinski definition) is 3. The van der Waals surface area contributed by atoms with Gasteiger partial charge in [-0.3, -0.25) is 0 Å². The lowest BCUT2D eigenvalue weighted by Gasteiger charge is -2.14. The molecule has 0 heterocycles. The largest absolute Gasteiger partial charge is 0.326 e. The molecule has 3 N–H and O–H groups in total. The van der Waals surface area contributed by atoms with Crippen LogP contribution in [-0.2, 0) is 16.6 Å². The van der Waals surface area contributed by atoms with Crippen LogP contribution in [-0.4, -0.2) is 15.0 Å². The molecule has 4 nitrogen and oxygen atoms in total. The molecule has 106 valence electrons. The zero-order valence-electron chi connectivity index (χ0n) is 11.2. The second-order valence-electron chi connectivity index (χ2n) is 5.53. The van der Waals surface area contributed by atoms with Crippen molar-refractivity contribution < 1.29 is 8.42 Å². The predicted molar refractivity (Wildman–Crippen MR) is 76.6 cm³/mol. The second kappa shape index (κ2) is 5.05. The third kappa shape index (κ3) is 3.28. The minimum absolute atomic E-state index is 0.121. The highest BCUT2D eigenvalue weighted by Crippen LogP contribution is 2.44. The summed E-state index contributed by atoms with van der Waals surface area (Å²) < 4.78 is 27.3. The number of sulfonamides is 1. The van der Waals surface area contributed by atoms with E-state index in [1.807, 2.05) is 0 Å². The second-order valence-corrected chi connectivity index (χ2v) is 7.70. The summed E-state index contributed by atoms with van der Waals surface area (Å²) >= 11 is 5.96. The molecule has 2 rings (SSSR count). The van der Waals surface area contributed by atoms with E-state index in [4.69, 9.17) is 17.3 Å². The first-order chi connectivity index (χ1) is 8.77. The Balaban J connectivity index is 2.31. The molecule has 1 saturated carbocycles. The SMILES string of the molecule is Cc1c(CN)cc(Cl)cc1S(=O)(=O)NCC1(C)CC1. The van der Waals surface area contributed by atoms with Gasteiger partial charge in [-0.1, -0.05) is 18.5 Å². The van der Waals surface area contributed by atoms with Gasteiger partial charge in [-0.2, -0.15) is 0 Å². The summed E-state index contributed by atoms with van der Waals surface area (Å²) in [5.74, 6) is 0. The van der Waals surface area contributed by atoms with Gasteiger partial charge in [-0.15, -0.1) is 0 Å². The van der Waals surface area contributed by atoms with Crippen molar-refractivity contribution >= 4 is 21.6 Å². The average Bonchev–Trinajstić information content (AvgIpc) is 3.08. The van der Waals surface area contributed by atoms with Crippen molar-refractivity contribution in [2.75, 3.05) is 6.54 Å². The highest BCUT2D eigenvalue weighted by Gasteiger charge is 2.38. The highest BCUT2D eigenvalue weighted by molar-refractivity contribution is 7.89. The fourth-order valence-corrected chi connectivity index (χ4v) is 3.75. The van der Waals surface area contributed by atoms with E-state index >= 15 is 0 Å². The molecule has 19 heavy (non-hydrogen) atoms. The van der Waals surface area contributed by atoms with E-state index in [0.717, 1.165) is 18.4 Å². The van der Waals surface area contributed by atoms with Gasteiger partial charge in [0, 0.05) is 18.1 Å². The predicted octanol–water partition coefficient (Wildman–Crippen LogP) is 2.19. The molecule has 1 aliphatic rings. The maximum atomic E-state index is 12.3. The van der Waals surface area contributed by atoms with E-state index in [1.54, 1.807) is 13.0 Å². The maximum Gasteiger partial charge on any atom is 0.240 e. The molecule has 6 heteroatoms. The molecule has 0 spiro atoms. The zero-order chi connectivity index (χ0) is 14.3. The highest BCUT2D eigenvalue weighted by atomic mass is 35.5. The number of nitrogens with one attached hydrogen (secondary N) is 1. The normalized spacial score (nSPS) is 17.5. The van der Waals surface area contributed by atoms with E-state index < -0.39 is 10.0 Å². The molecule has 0 aliphatic heterocycles. The van der Waals surface area contributed by atoms with Crippen LogP contribution in [0.4, 0.5) is 0 Å². The number of nitrogens with two attached hydrogens (primary N) is 1. The molecule has 0 radical (unpaired) electrons. The lowest BCUT2D eigenvalue weighted by atomic mass is 10.1. The van der Waals surface area contributed by atoms with Gasteiger partial charge in [0.25, 0.3) is 0 Å². The maximum absolute atomic E-state index is 12.3. The van der Waals surface area contributed by atoms with E-state index in [0.29, 0.717) is 17.1 Å². The van der Waals surface area contributed by atoms with Crippen LogP contribution in [0.3, 0.4) is 0 Å². The first-order valence-corrected chi connectivity index (χ1v) is 8.12. The van der Waals surface area contributed by atoms with Gasteiger partial charge in [0.15, 0.2) is 0 Å². The van der Waals surface area contributed by atoms with E-state index in [9.17, 15) is 8.42 Å². The van der Waals surface area contributed by atoms with Crippen LogP contribution >= 0.6 is 11.6 Å². The zero-order valence-corrected chi connectivity index (χ0v) is 12.7. The first-order valence-electron chi connectivity index (χ1n) is 6.26. The molecule has 0 bridgehead atoms. The van der Waals surface area contributed by atoms with E-state index in [1.165, 1.54) is 6.07 Å². The topological polar surface area (TPSA) is 72.2 Å². The Morgan fingerprint density at radius 3 is 2.58 bits per heavy atom. The van der Waals surface area contributed by atoms with Gasteiger partial charge in [0.2, 0.25) is 10.0 Å². The van der Waals surface area contributed by atoms with Gasteiger partial charge in [-0.25, -0.2) is 13.1 Å². The van der Waals surface area contributed by atoms with Crippen molar-refractivity contribution in [1.82, 2.24) is 4.72 Å². The van der Waals surface area contributed by atoms with Gasteiger partial charge in [0.1, 0.15) is 0 Å². The number of benzene rings is 1. The van der Waals surface area contributed by atoms with Crippen LogP contribution in [0.1, 0.15) is 30.9 Å². The van der Waals surface area contributed by atoms with E-state index in [-0.39, 0.29) is 16.9 Å². The summed E-state index contributed by atoms with van der Waals surface area (Å²) in [4.78, 5) is 0.227. The minimum atomic E-state index is -3.53. The number of hydrogen-bond donors (Lipinski definition) is 2. The molecule has 1 fully saturated rings. The fourth-order valence-electron chi connectivity index (χ4n) is 1.94. The Bertz CT molecular complexity index is 595. The molecule has 0 aromatic heterocycles. The summed E-state index contributed by atoms with van der Waals surface area (Å²) in [6.07, 6.45) is 2.14. The molecule has 1 aromatic rings. The van der Waals surface area contributed by atoms with Crippen LogP contribution in [0, 0.1) is 12.3 Å². The average molecular weight is 303 g/mol. The lowest BCUT2D eigenvalue weighted by Crippen LogP contribution is -2.30. The number of rotatable bonds is 5. The quantitative estimate of drug-likeness (QED) is 0.875. The smallest absolute Gasteiger partial charge is 0.240 e. The molecule has 0 unspecified atom stereocenters. The number of halogens is 1. The standard InChI is InChI=1S/C13H19ClN2O2S/c1-9-10(7-15)5-11(14)6-12(9)19(17,18)16-8-13(2)3-4-13/h5-6,16H,3-4,7-8,15H2,1-2H3. The van der Waals surface area contributed by atoms with Gasteiger partial charge in [0.05, 0.1) is 4.90 Å². The molecule has 0 amide bonds. The van der Waals surface area contributed by atoms with Gasteiger partial charge < -0.3 is 5.73 Å². The molecular weight excluding hydrogens is 284 g/mol. The summed E-state index contributed by atoms with van der Waals surface area (Å²) in [7, 11) is -3.53. The van der Waals surface area contributed by atoms with E-state index in [2.05, 4.69) is 11.6 Å². The third-order valence-corrected chi connectivity index (χ3v) is 5.48. The minimum Gasteiger partial charge on any atom is -0.326 e. The Hall–Kier alpha value is -0.620. The third-order valence-electron chi connectivity index (χ3n) is 3.73. The summed E-state index contributed by atoms with van der Waals surface area (Å²) in [6, 6.07) is 3.19. The molecule has 0 saturated heterocycles. The molecule has 1 aromatic carbocycles. The summed E-state index contributed by atoms with van der Waals surface area (Å²) in [5.41, 5.74) is 7.15. The Kier molecular flexibility index (Phi) is 3.93. The van der Waals surface area contributed by atoms with Crippen molar-refractivity contribution in [1.29, 1.82) is 0 Å². The van der Waals surface area contributed by atoms with Crippen LogP contribution in [0.15, 0.2) is 17.0 Å². The molecule has 1 aliphatic carbocycles. The van der Waals surface area contributed by atoms with Crippen LogP contribution < -0.4 is 10.5 Å². The fraction of sp³-hybridized carbons (Fsp3) is 0.538. The Labute approximate surface area is 119 Å². The van der Waals surface area contributed by atoms with Crippen molar-refractivity contribution in [3.63, 3.8) is 0 Å². The lowest BCUT2D eigenvalue weighted by molar-refractivity contribution is 0.530. The first kappa shape index (κ1) is 14.8. The molecular formula is C13H19ClN2O2S. The summed E-state index contributed by atoms with van der Waals surface area (Å²) in [5, 5.41) is 0.393. The van der Waals surface area contributed by atoms with Crippen molar-refractivity contribution in [2.45, 2.75) is 38.1 Å². The summed E-state index contributed by atoms with van der Waals surface area (Å²) in [6.45, 7) is 4.57. The van der Waals surface area contributed by atoms with Gasteiger partial charge in [-0.05, 0) is 48.4 Å². The van der Waals surface area contributed by atoms with Crippen LogP contribution in [0.5, 0.6) is 0 Å². The van der Waals surface area contributed by atoms with Crippen molar-refractivity contribution in [3.8, 4) is 0 Å². The Morgan fingerprint density at radius 2 is 2.05 bits per heavy atom. The van der Waals surface area contributed by atoms with Gasteiger partial charge >= 0.3 is 0 Å².